The topological polar surface area (TPSA) is 66.9 Å². The minimum absolute atomic E-state index is 0.0149. The molecule has 0 radical (unpaired) electrons. The number of ether oxygens (including phenoxy) is 1. The van der Waals surface area contributed by atoms with Crippen LogP contribution in [0.1, 0.15) is 28.8 Å². The number of piperidine rings is 1. The molecule has 0 bridgehead atoms. The van der Waals surface area contributed by atoms with Gasteiger partial charge in [0.15, 0.2) is 11.5 Å². The van der Waals surface area contributed by atoms with E-state index in [-0.39, 0.29) is 34.8 Å². The molecule has 1 saturated heterocycles. The molecule has 2 aromatic carbocycles. The molecule has 0 spiro atoms. The fourth-order valence-corrected chi connectivity index (χ4v) is 5.45. The van der Waals surface area contributed by atoms with Gasteiger partial charge in [0, 0.05) is 29.6 Å². The van der Waals surface area contributed by atoms with Crippen molar-refractivity contribution in [1.82, 2.24) is 4.90 Å². The Bertz CT molecular complexity index is 1120. The van der Waals surface area contributed by atoms with Gasteiger partial charge in [0.05, 0.1) is 24.1 Å². The molecule has 0 unspecified atom stereocenters. The Balaban J connectivity index is 1.68. The molecule has 0 N–H and O–H groups in total. The second kappa shape index (κ2) is 10.6. The Kier molecular flexibility index (Phi) is 8.26. The number of Topliss-reactive ketones (excluding diaryl/α,β-unsaturated/α-hetero) is 1. The third-order valence-electron chi connectivity index (χ3n) is 5.96. The fourth-order valence-electron chi connectivity index (χ4n) is 4.03. The molecule has 1 aliphatic heterocycles. The number of methoxy groups -OCH3 is 1. The largest absolute Gasteiger partial charge is 0.493 e. The van der Waals surface area contributed by atoms with Crippen molar-refractivity contribution in [1.29, 1.82) is 0 Å². The van der Waals surface area contributed by atoms with Crippen molar-refractivity contribution < 1.29 is 22.3 Å². The fraction of sp³-hybridized carbons (Fsp3) is 0.435. The maximum atomic E-state index is 13.1. The second-order valence-corrected chi connectivity index (χ2v) is 10.9. The Morgan fingerprint density at radius 2 is 1.82 bits per heavy atom. The van der Waals surface area contributed by atoms with Crippen LogP contribution in [0.25, 0.3) is 0 Å². The normalized spacial score (nSPS) is 15.5. The highest BCUT2D eigenvalue weighted by Crippen LogP contribution is 2.42. The summed E-state index contributed by atoms with van der Waals surface area (Å²) in [4.78, 5) is 14.8. The van der Waals surface area contributed by atoms with Gasteiger partial charge in [0.2, 0.25) is 10.0 Å². The highest BCUT2D eigenvalue weighted by molar-refractivity contribution is 7.92. The molecule has 0 atom stereocenters. The number of hydrogen-bond donors (Lipinski definition) is 0. The van der Waals surface area contributed by atoms with Gasteiger partial charge in [-0.1, -0.05) is 23.2 Å². The van der Waals surface area contributed by atoms with Crippen LogP contribution in [-0.4, -0.2) is 58.6 Å². The first kappa shape index (κ1) is 25.7. The molecular weight excluding hydrogens is 490 g/mol. The summed E-state index contributed by atoms with van der Waals surface area (Å²) in [6, 6.07) is 7.16. The van der Waals surface area contributed by atoms with E-state index in [1.165, 1.54) is 35.7 Å². The molecule has 1 fully saturated rings. The SMILES string of the molecule is COc1c(N(CCN2CCC(C(=O)c3ccc(F)cc3)CC2)S(C)(=O)=O)cc(Cl)c(C)c1Cl. The van der Waals surface area contributed by atoms with Crippen LogP contribution in [-0.2, 0) is 10.0 Å². The number of ketones is 1. The predicted octanol–water partition coefficient (Wildman–Crippen LogP) is 4.81. The lowest BCUT2D eigenvalue weighted by molar-refractivity contribution is 0.0843. The summed E-state index contributed by atoms with van der Waals surface area (Å²) in [5, 5.41) is 0.623. The molecule has 180 valence electrons. The molecule has 10 heteroatoms. The summed E-state index contributed by atoms with van der Waals surface area (Å²) in [7, 11) is -2.20. The van der Waals surface area contributed by atoms with E-state index in [2.05, 4.69) is 4.90 Å². The Morgan fingerprint density at radius 1 is 1.21 bits per heavy atom. The van der Waals surface area contributed by atoms with Crippen LogP contribution in [0.3, 0.4) is 0 Å². The summed E-state index contributed by atoms with van der Waals surface area (Å²) in [5.41, 5.74) is 1.42. The number of halogens is 3. The number of rotatable bonds is 8. The van der Waals surface area contributed by atoms with E-state index in [1.54, 1.807) is 13.0 Å². The molecule has 0 aliphatic carbocycles. The summed E-state index contributed by atoms with van der Waals surface area (Å²) in [5.74, 6) is -0.231. The lowest BCUT2D eigenvalue weighted by Crippen LogP contribution is -2.42. The molecule has 33 heavy (non-hydrogen) atoms. The quantitative estimate of drug-likeness (QED) is 0.471. The third kappa shape index (κ3) is 5.98. The highest BCUT2D eigenvalue weighted by Gasteiger charge is 2.28. The number of hydrogen-bond acceptors (Lipinski definition) is 5. The second-order valence-electron chi connectivity index (χ2n) is 8.17. The molecule has 1 aliphatic rings. The van der Waals surface area contributed by atoms with Crippen LogP contribution < -0.4 is 9.04 Å². The van der Waals surface area contributed by atoms with Crippen LogP contribution >= 0.6 is 23.2 Å². The van der Waals surface area contributed by atoms with Crippen molar-refractivity contribution in [3.8, 4) is 5.75 Å². The van der Waals surface area contributed by atoms with E-state index in [4.69, 9.17) is 27.9 Å². The van der Waals surface area contributed by atoms with Crippen LogP contribution in [0, 0.1) is 18.7 Å². The molecular formula is C23H27Cl2FN2O4S. The van der Waals surface area contributed by atoms with Crippen molar-refractivity contribution in [2.45, 2.75) is 19.8 Å². The van der Waals surface area contributed by atoms with Gasteiger partial charge >= 0.3 is 0 Å². The maximum absolute atomic E-state index is 13.1. The first-order valence-electron chi connectivity index (χ1n) is 10.6. The number of nitrogens with zero attached hydrogens (tertiary/aromatic N) is 2. The van der Waals surface area contributed by atoms with E-state index >= 15 is 0 Å². The predicted molar refractivity (Wildman–Crippen MR) is 130 cm³/mol. The third-order valence-corrected chi connectivity index (χ3v) is 7.99. The molecule has 1 heterocycles. The van der Waals surface area contributed by atoms with Crippen molar-refractivity contribution in [2.75, 3.05) is 43.8 Å². The molecule has 3 rings (SSSR count). The van der Waals surface area contributed by atoms with E-state index < -0.39 is 10.0 Å². The van der Waals surface area contributed by atoms with Crippen LogP contribution in [0.2, 0.25) is 10.0 Å². The zero-order chi connectivity index (χ0) is 24.3. The highest BCUT2D eigenvalue weighted by atomic mass is 35.5. The first-order chi connectivity index (χ1) is 15.5. The Labute approximate surface area is 204 Å². The van der Waals surface area contributed by atoms with Crippen LogP contribution in [0.4, 0.5) is 10.1 Å². The van der Waals surface area contributed by atoms with Gasteiger partial charge in [-0.25, -0.2) is 12.8 Å². The van der Waals surface area contributed by atoms with E-state index in [9.17, 15) is 17.6 Å². The van der Waals surface area contributed by atoms with Crippen molar-refractivity contribution in [3.05, 3.63) is 57.3 Å². The van der Waals surface area contributed by atoms with Gasteiger partial charge in [-0.2, -0.15) is 0 Å². The van der Waals surface area contributed by atoms with Crippen molar-refractivity contribution in [3.63, 3.8) is 0 Å². The number of carbonyl (C=O) groups excluding carboxylic acids is 1. The summed E-state index contributed by atoms with van der Waals surface area (Å²) >= 11 is 12.6. The average Bonchev–Trinajstić information content (AvgIpc) is 2.77. The lowest BCUT2D eigenvalue weighted by atomic mass is 9.89. The zero-order valence-electron chi connectivity index (χ0n) is 18.8. The minimum Gasteiger partial charge on any atom is -0.493 e. The van der Waals surface area contributed by atoms with Crippen molar-refractivity contribution >= 4 is 44.7 Å². The zero-order valence-corrected chi connectivity index (χ0v) is 21.1. The average molecular weight is 517 g/mol. The lowest BCUT2D eigenvalue weighted by Gasteiger charge is -2.33. The van der Waals surface area contributed by atoms with E-state index in [0.717, 1.165) is 6.26 Å². The summed E-state index contributed by atoms with van der Waals surface area (Å²) < 4.78 is 45.0. The smallest absolute Gasteiger partial charge is 0.232 e. The maximum Gasteiger partial charge on any atom is 0.232 e. The molecule has 2 aromatic rings. The van der Waals surface area contributed by atoms with Gasteiger partial charge in [0.1, 0.15) is 5.82 Å². The minimum atomic E-state index is -3.64. The molecule has 0 saturated carbocycles. The van der Waals surface area contributed by atoms with Gasteiger partial charge in [0.25, 0.3) is 0 Å². The number of benzene rings is 2. The first-order valence-corrected chi connectivity index (χ1v) is 13.2. The van der Waals surface area contributed by atoms with Crippen molar-refractivity contribution in [2.24, 2.45) is 5.92 Å². The summed E-state index contributed by atoms with van der Waals surface area (Å²) in [6.07, 6.45) is 2.43. The summed E-state index contributed by atoms with van der Waals surface area (Å²) in [6.45, 7) is 3.70. The van der Waals surface area contributed by atoms with Gasteiger partial charge < -0.3 is 9.64 Å². The monoisotopic (exact) mass is 516 g/mol. The van der Waals surface area contributed by atoms with E-state index in [1.807, 2.05) is 0 Å². The Morgan fingerprint density at radius 3 is 2.36 bits per heavy atom. The number of anilines is 1. The molecule has 0 aromatic heterocycles. The molecule has 6 nitrogen and oxygen atoms in total. The standard InChI is InChI=1S/C23H27Cl2FN2O4S/c1-15-19(24)14-20(23(32-2)21(15)25)28(33(3,30)31)13-12-27-10-8-17(9-11-27)22(29)16-4-6-18(26)7-5-16/h4-7,14,17H,8-13H2,1-3H3. The number of sulfonamides is 1. The van der Waals surface area contributed by atoms with Gasteiger partial charge in [-0.05, 0) is 68.8 Å². The van der Waals surface area contributed by atoms with Gasteiger partial charge in [-0.15, -0.1) is 0 Å². The number of likely N-dealkylation sites (tertiary alicyclic amines) is 1. The van der Waals surface area contributed by atoms with E-state index in [0.29, 0.717) is 54.3 Å². The van der Waals surface area contributed by atoms with Crippen LogP contribution in [0.5, 0.6) is 5.75 Å². The molecule has 0 amide bonds. The van der Waals surface area contributed by atoms with Gasteiger partial charge in [-0.3, -0.25) is 9.10 Å². The number of carbonyl (C=O) groups is 1. The van der Waals surface area contributed by atoms with Crippen LogP contribution in [0.15, 0.2) is 30.3 Å². The Hall–Kier alpha value is -1.87.